The Balaban J connectivity index is 1.65. The molecule has 30 heavy (non-hydrogen) atoms. The Hall–Kier alpha value is -1.51. The lowest BCUT2D eigenvalue weighted by Gasteiger charge is -2.30. The molecular weight excluding hydrogens is 471 g/mol. The topological polar surface area (TPSA) is 75.7 Å². The summed E-state index contributed by atoms with van der Waals surface area (Å²) >= 11 is 18.2. The van der Waals surface area contributed by atoms with E-state index in [9.17, 15) is 13.2 Å². The van der Waals surface area contributed by atoms with Gasteiger partial charge < -0.3 is 10.1 Å². The Morgan fingerprint density at radius 2 is 1.80 bits per heavy atom. The maximum Gasteiger partial charge on any atom is 0.243 e. The molecule has 1 fully saturated rings. The van der Waals surface area contributed by atoms with Gasteiger partial charge in [0.05, 0.1) is 27.2 Å². The third-order valence-electron chi connectivity index (χ3n) is 4.85. The molecule has 1 amide bonds. The molecule has 1 heterocycles. The molecule has 0 unspecified atom stereocenters. The van der Waals surface area contributed by atoms with Crippen molar-refractivity contribution in [3.8, 4) is 5.75 Å². The van der Waals surface area contributed by atoms with E-state index in [1.54, 1.807) is 24.3 Å². The summed E-state index contributed by atoms with van der Waals surface area (Å²) in [6.45, 7) is 2.71. The van der Waals surface area contributed by atoms with Crippen molar-refractivity contribution in [2.45, 2.75) is 24.7 Å². The highest BCUT2D eigenvalue weighted by Crippen LogP contribution is 2.31. The fourth-order valence-electron chi connectivity index (χ4n) is 3.25. The number of benzene rings is 2. The van der Waals surface area contributed by atoms with Gasteiger partial charge in [-0.2, -0.15) is 4.31 Å². The first-order valence-electron chi connectivity index (χ1n) is 9.40. The zero-order valence-corrected chi connectivity index (χ0v) is 19.3. The maximum atomic E-state index is 13.0. The summed E-state index contributed by atoms with van der Waals surface area (Å²) in [5.74, 6) is -0.0936. The van der Waals surface area contributed by atoms with Crippen LogP contribution in [-0.4, -0.2) is 38.3 Å². The summed E-state index contributed by atoms with van der Waals surface area (Å²) in [6, 6.07) is 9.24. The number of rotatable bonds is 6. The number of halogens is 3. The van der Waals surface area contributed by atoms with E-state index in [1.807, 2.05) is 6.92 Å². The first-order chi connectivity index (χ1) is 14.2. The van der Waals surface area contributed by atoms with E-state index >= 15 is 0 Å². The lowest BCUT2D eigenvalue weighted by atomic mass is 9.97. The van der Waals surface area contributed by atoms with Crippen LogP contribution in [-0.2, 0) is 14.8 Å². The molecule has 162 valence electrons. The average Bonchev–Trinajstić information content (AvgIpc) is 2.72. The van der Waals surface area contributed by atoms with Crippen LogP contribution in [0, 0.1) is 5.92 Å². The minimum absolute atomic E-state index is 0.101. The van der Waals surface area contributed by atoms with Gasteiger partial charge in [0.15, 0.2) is 0 Å². The molecule has 3 rings (SSSR count). The van der Waals surface area contributed by atoms with E-state index in [0.29, 0.717) is 40.9 Å². The van der Waals surface area contributed by atoms with E-state index in [4.69, 9.17) is 39.5 Å². The number of nitrogens with one attached hydrogen (secondary N) is 1. The van der Waals surface area contributed by atoms with Crippen molar-refractivity contribution >= 4 is 56.4 Å². The number of ether oxygens (including phenoxy) is 1. The third kappa shape index (κ3) is 5.21. The standard InChI is InChI=1S/C20H21Cl3N2O4S/c1-2-29-19-6-4-15(12-17(19)23)30(27,28)25-9-7-13(8-10-25)20(26)24-18-11-14(21)3-5-16(18)22/h3-6,11-13H,2,7-10H2,1H3,(H,24,26). The third-order valence-corrected chi connectivity index (χ3v) is 7.61. The van der Waals surface area contributed by atoms with Gasteiger partial charge in [0.1, 0.15) is 5.75 Å². The van der Waals surface area contributed by atoms with Gasteiger partial charge in [0.2, 0.25) is 15.9 Å². The van der Waals surface area contributed by atoms with Crippen molar-refractivity contribution in [2.24, 2.45) is 5.92 Å². The summed E-state index contributed by atoms with van der Waals surface area (Å²) in [4.78, 5) is 12.7. The Labute approximate surface area is 191 Å². The first-order valence-corrected chi connectivity index (χ1v) is 12.0. The normalized spacial score (nSPS) is 15.7. The van der Waals surface area contributed by atoms with E-state index in [1.165, 1.54) is 16.4 Å². The summed E-state index contributed by atoms with van der Waals surface area (Å²) in [5, 5.41) is 3.87. The van der Waals surface area contributed by atoms with E-state index < -0.39 is 10.0 Å². The SMILES string of the molecule is CCOc1ccc(S(=O)(=O)N2CCC(C(=O)Nc3cc(Cl)ccc3Cl)CC2)cc1Cl. The monoisotopic (exact) mass is 490 g/mol. The molecular formula is C20H21Cl3N2O4S. The Morgan fingerprint density at radius 3 is 2.43 bits per heavy atom. The molecule has 0 aromatic heterocycles. The Morgan fingerprint density at radius 1 is 1.10 bits per heavy atom. The number of carbonyl (C=O) groups excluding carboxylic acids is 1. The Bertz CT molecular complexity index is 1040. The van der Waals surface area contributed by atoms with Gasteiger partial charge >= 0.3 is 0 Å². The number of hydrogen-bond acceptors (Lipinski definition) is 4. The molecule has 1 N–H and O–H groups in total. The summed E-state index contributed by atoms with van der Waals surface area (Å²) in [5.41, 5.74) is 0.438. The van der Waals surface area contributed by atoms with Crippen molar-refractivity contribution in [2.75, 3.05) is 25.0 Å². The van der Waals surface area contributed by atoms with Gasteiger partial charge in [-0.1, -0.05) is 34.8 Å². The van der Waals surface area contributed by atoms with Crippen LogP contribution in [0.25, 0.3) is 0 Å². The maximum absolute atomic E-state index is 13.0. The summed E-state index contributed by atoms with van der Waals surface area (Å²) in [7, 11) is -3.71. The number of nitrogens with zero attached hydrogens (tertiary/aromatic N) is 1. The summed E-state index contributed by atoms with van der Waals surface area (Å²) in [6.07, 6.45) is 0.794. The second-order valence-corrected chi connectivity index (χ2v) is 10.0. The van der Waals surface area contributed by atoms with Crippen molar-refractivity contribution < 1.29 is 17.9 Å². The van der Waals surface area contributed by atoms with Crippen molar-refractivity contribution in [1.82, 2.24) is 4.31 Å². The quantitative estimate of drug-likeness (QED) is 0.611. The molecule has 1 saturated heterocycles. The van der Waals surface area contributed by atoms with Crippen LogP contribution < -0.4 is 10.1 Å². The molecule has 6 nitrogen and oxygen atoms in total. The second-order valence-electron chi connectivity index (χ2n) is 6.82. The molecule has 0 spiro atoms. The second kappa shape index (κ2) is 9.75. The van der Waals surface area contributed by atoms with Crippen LogP contribution in [0.15, 0.2) is 41.3 Å². The van der Waals surface area contributed by atoms with Gasteiger partial charge in [-0.05, 0) is 56.2 Å². The lowest BCUT2D eigenvalue weighted by molar-refractivity contribution is -0.120. The largest absolute Gasteiger partial charge is 0.492 e. The number of hydrogen-bond donors (Lipinski definition) is 1. The molecule has 1 aliphatic rings. The minimum atomic E-state index is -3.71. The molecule has 0 bridgehead atoms. The number of carbonyl (C=O) groups is 1. The average molecular weight is 492 g/mol. The van der Waals surface area contributed by atoms with Crippen molar-refractivity contribution in [3.63, 3.8) is 0 Å². The van der Waals surface area contributed by atoms with Crippen LogP contribution in [0.2, 0.25) is 15.1 Å². The Kier molecular flexibility index (Phi) is 7.52. The van der Waals surface area contributed by atoms with Crippen LogP contribution >= 0.6 is 34.8 Å². The number of anilines is 1. The zero-order chi connectivity index (χ0) is 21.9. The first kappa shape index (κ1) is 23.2. The highest BCUT2D eigenvalue weighted by molar-refractivity contribution is 7.89. The molecule has 0 radical (unpaired) electrons. The molecule has 0 saturated carbocycles. The molecule has 0 atom stereocenters. The summed E-state index contributed by atoms with van der Waals surface area (Å²) < 4.78 is 32.6. The smallest absolute Gasteiger partial charge is 0.243 e. The number of amides is 1. The molecule has 1 aliphatic heterocycles. The predicted molar refractivity (Wildman–Crippen MR) is 119 cm³/mol. The zero-order valence-electron chi connectivity index (χ0n) is 16.2. The highest BCUT2D eigenvalue weighted by Gasteiger charge is 2.32. The minimum Gasteiger partial charge on any atom is -0.492 e. The number of sulfonamides is 1. The van der Waals surface area contributed by atoms with E-state index in [0.717, 1.165) is 0 Å². The van der Waals surface area contributed by atoms with Gasteiger partial charge in [-0.15, -0.1) is 0 Å². The van der Waals surface area contributed by atoms with Crippen molar-refractivity contribution in [1.29, 1.82) is 0 Å². The van der Waals surface area contributed by atoms with Crippen molar-refractivity contribution in [3.05, 3.63) is 51.5 Å². The fourth-order valence-corrected chi connectivity index (χ4v) is 5.38. The van der Waals surface area contributed by atoms with Gasteiger partial charge in [0, 0.05) is 24.0 Å². The van der Waals surface area contributed by atoms with Gasteiger partial charge in [-0.25, -0.2) is 8.42 Å². The van der Waals surface area contributed by atoms with Crippen LogP contribution in [0.1, 0.15) is 19.8 Å². The predicted octanol–water partition coefficient (Wildman–Crippen LogP) is 5.08. The van der Waals surface area contributed by atoms with E-state index in [-0.39, 0.29) is 34.8 Å². The van der Waals surface area contributed by atoms with Crippen LogP contribution in [0.4, 0.5) is 5.69 Å². The lowest BCUT2D eigenvalue weighted by Crippen LogP contribution is -2.41. The molecule has 0 aliphatic carbocycles. The van der Waals surface area contributed by atoms with E-state index in [2.05, 4.69) is 5.32 Å². The molecule has 2 aromatic rings. The van der Waals surface area contributed by atoms with Crippen LogP contribution in [0.5, 0.6) is 5.75 Å². The highest BCUT2D eigenvalue weighted by atomic mass is 35.5. The van der Waals surface area contributed by atoms with Gasteiger partial charge in [-0.3, -0.25) is 4.79 Å². The molecule has 10 heteroatoms. The van der Waals surface area contributed by atoms with Gasteiger partial charge in [0.25, 0.3) is 0 Å². The number of piperidine rings is 1. The molecule has 2 aromatic carbocycles. The fraction of sp³-hybridized carbons (Fsp3) is 0.350. The van der Waals surface area contributed by atoms with Crippen LogP contribution in [0.3, 0.4) is 0 Å².